The molecule has 0 spiro atoms. The van der Waals surface area contributed by atoms with Gasteiger partial charge < -0.3 is 10.0 Å². The predicted octanol–water partition coefficient (Wildman–Crippen LogP) is 2.60. The lowest BCUT2D eigenvalue weighted by Gasteiger charge is -2.15. The van der Waals surface area contributed by atoms with Gasteiger partial charge >= 0.3 is 5.97 Å². The molecule has 1 heterocycles. The van der Waals surface area contributed by atoms with Crippen LogP contribution in [0.3, 0.4) is 0 Å². The first kappa shape index (κ1) is 14.9. The smallest absolute Gasteiger partial charge is 0.308 e. The van der Waals surface area contributed by atoms with Crippen LogP contribution in [0.5, 0.6) is 0 Å². The van der Waals surface area contributed by atoms with Gasteiger partial charge in [-0.3, -0.25) is 9.59 Å². The highest BCUT2D eigenvalue weighted by molar-refractivity contribution is 6.30. The van der Waals surface area contributed by atoms with E-state index in [1.54, 1.807) is 4.90 Å². The van der Waals surface area contributed by atoms with Crippen molar-refractivity contribution >= 4 is 23.5 Å². The van der Waals surface area contributed by atoms with Crippen molar-refractivity contribution in [1.29, 1.82) is 0 Å². The maximum atomic E-state index is 12.0. The molecule has 1 aromatic rings. The van der Waals surface area contributed by atoms with E-state index in [0.29, 0.717) is 31.0 Å². The van der Waals surface area contributed by atoms with Crippen molar-refractivity contribution in [2.24, 2.45) is 5.92 Å². The van der Waals surface area contributed by atoms with E-state index >= 15 is 0 Å². The van der Waals surface area contributed by atoms with Crippen molar-refractivity contribution in [2.45, 2.75) is 25.7 Å². The number of hydrogen-bond donors (Lipinski definition) is 1. The maximum absolute atomic E-state index is 12.0. The van der Waals surface area contributed by atoms with Crippen LogP contribution in [0.4, 0.5) is 0 Å². The number of likely N-dealkylation sites (tertiary alicyclic amines) is 1. The molecule has 0 aliphatic carbocycles. The Kier molecular flexibility index (Phi) is 5.01. The predicted molar refractivity (Wildman–Crippen MR) is 76.7 cm³/mol. The quantitative estimate of drug-likeness (QED) is 0.908. The van der Waals surface area contributed by atoms with E-state index in [1.165, 1.54) is 0 Å². The molecule has 0 unspecified atom stereocenters. The highest BCUT2D eigenvalue weighted by atomic mass is 35.5. The minimum absolute atomic E-state index is 0.0581. The van der Waals surface area contributed by atoms with E-state index in [-0.39, 0.29) is 5.91 Å². The molecule has 0 saturated carbocycles. The second kappa shape index (κ2) is 6.75. The van der Waals surface area contributed by atoms with Crippen molar-refractivity contribution in [3.63, 3.8) is 0 Å². The van der Waals surface area contributed by atoms with Gasteiger partial charge in [-0.2, -0.15) is 0 Å². The highest BCUT2D eigenvalue weighted by Gasteiger charge is 2.30. The van der Waals surface area contributed by atoms with Gasteiger partial charge in [0.05, 0.1) is 5.92 Å². The van der Waals surface area contributed by atoms with Crippen molar-refractivity contribution in [3.8, 4) is 0 Å². The van der Waals surface area contributed by atoms with Crippen LogP contribution in [-0.4, -0.2) is 35.0 Å². The molecular formula is C15H18ClNO3. The molecule has 108 valence electrons. The van der Waals surface area contributed by atoms with Gasteiger partial charge in [-0.15, -0.1) is 0 Å². The van der Waals surface area contributed by atoms with Gasteiger partial charge in [0.2, 0.25) is 5.91 Å². The van der Waals surface area contributed by atoms with Gasteiger partial charge in [0.1, 0.15) is 0 Å². The monoisotopic (exact) mass is 295 g/mol. The zero-order valence-electron chi connectivity index (χ0n) is 11.2. The molecule has 0 radical (unpaired) electrons. The molecule has 1 saturated heterocycles. The van der Waals surface area contributed by atoms with Gasteiger partial charge in [-0.1, -0.05) is 23.7 Å². The Morgan fingerprint density at radius 1 is 1.30 bits per heavy atom. The third kappa shape index (κ3) is 3.97. The van der Waals surface area contributed by atoms with E-state index in [9.17, 15) is 9.59 Å². The number of carbonyl (C=O) groups is 2. The number of nitrogens with zero attached hydrogens (tertiary/aromatic N) is 1. The SMILES string of the molecule is O=C(O)[C@@H]1CCN(C(=O)CCCc2ccc(Cl)cc2)C1. The van der Waals surface area contributed by atoms with Crippen molar-refractivity contribution < 1.29 is 14.7 Å². The lowest BCUT2D eigenvalue weighted by atomic mass is 10.1. The summed E-state index contributed by atoms with van der Waals surface area (Å²) >= 11 is 5.81. The minimum Gasteiger partial charge on any atom is -0.481 e. The number of aliphatic carboxylic acids is 1. The van der Waals surface area contributed by atoms with Gasteiger partial charge in [-0.05, 0) is 37.0 Å². The van der Waals surface area contributed by atoms with Crippen LogP contribution >= 0.6 is 11.6 Å². The highest BCUT2D eigenvalue weighted by Crippen LogP contribution is 2.18. The molecular weight excluding hydrogens is 278 g/mol. The summed E-state index contributed by atoms with van der Waals surface area (Å²) in [5.41, 5.74) is 1.16. The molecule has 5 heteroatoms. The first-order valence-corrected chi connectivity index (χ1v) is 7.19. The fourth-order valence-corrected chi connectivity index (χ4v) is 2.57. The lowest BCUT2D eigenvalue weighted by molar-refractivity contribution is -0.141. The van der Waals surface area contributed by atoms with Crippen LogP contribution in [-0.2, 0) is 16.0 Å². The zero-order valence-corrected chi connectivity index (χ0v) is 12.0. The molecule has 0 aromatic heterocycles. The largest absolute Gasteiger partial charge is 0.481 e. The summed E-state index contributed by atoms with van der Waals surface area (Å²) in [7, 11) is 0. The number of hydrogen-bond acceptors (Lipinski definition) is 2. The van der Waals surface area contributed by atoms with Crippen molar-refractivity contribution in [1.82, 2.24) is 4.90 Å². The van der Waals surface area contributed by atoms with E-state index in [2.05, 4.69) is 0 Å². The first-order chi connectivity index (χ1) is 9.56. The molecule has 1 N–H and O–H groups in total. The van der Waals surface area contributed by atoms with E-state index in [0.717, 1.165) is 18.4 Å². The topological polar surface area (TPSA) is 57.6 Å². The summed E-state index contributed by atoms with van der Waals surface area (Å²) in [6.45, 7) is 0.922. The molecule has 2 rings (SSSR count). The number of carbonyl (C=O) groups excluding carboxylic acids is 1. The number of carboxylic acids is 1. The van der Waals surface area contributed by atoms with Crippen LogP contribution in [0.2, 0.25) is 5.02 Å². The molecule has 1 aromatic carbocycles. The fourth-order valence-electron chi connectivity index (χ4n) is 2.44. The van der Waals surface area contributed by atoms with Crippen molar-refractivity contribution in [3.05, 3.63) is 34.9 Å². The summed E-state index contributed by atoms with van der Waals surface area (Å²) in [6, 6.07) is 7.61. The van der Waals surface area contributed by atoms with Crippen molar-refractivity contribution in [2.75, 3.05) is 13.1 Å². The van der Waals surface area contributed by atoms with Crippen LogP contribution in [0.15, 0.2) is 24.3 Å². The van der Waals surface area contributed by atoms with Gasteiger partial charge in [0.15, 0.2) is 0 Å². The van der Waals surface area contributed by atoms with Crippen LogP contribution in [0.25, 0.3) is 0 Å². The Bertz CT molecular complexity index is 486. The summed E-state index contributed by atoms with van der Waals surface area (Å²) in [6.07, 6.45) is 2.64. The van der Waals surface area contributed by atoms with Crippen LogP contribution < -0.4 is 0 Å². The zero-order chi connectivity index (χ0) is 14.5. The Labute approximate surface area is 123 Å². The average molecular weight is 296 g/mol. The number of carboxylic acid groups (broad SMARTS) is 1. The van der Waals surface area contributed by atoms with Gasteiger partial charge in [0.25, 0.3) is 0 Å². The third-order valence-electron chi connectivity index (χ3n) is 3.66. The molecule has 1 aliphatic heterocycles. The molecule has 1 amide bonds. The molecule has 1 atom stereocenters. The number of rotatable bonds is 5. The number of aryl methyl sites for hydroxylation is 1. The van der Waals surface area contributed by atoms with Crippen LogP contribution in [0, 0.1) is 5.92 Å². The van der Waals surface area contributed by atoms with Gasteiger partial charge in [-0.25, -0.2) is 0 Å². The molecule has 20 heavy (non-hydrogen) atoms. The number of amides is 1. The number of benzene rings is 1. The Morgan fingerprint density at radius 2 is 2.00 bits per heavy atom. The fraction of sp³-hybridized carbons (Fsp3) is 0.467. The Morgan fingerprint density at radius 3 is 2.60 bits per heavy atom. The Balaban J connectivity index is 1.73. The second-order valence-electron chi connectivity index (χ2n) is 5.14. The standard InChI is InChI=1S/C15H18ClNO3/c16-13-6-4-11(5-7-13)2-1-3-14(18)17-9-8-12(10-17)15(19)20/h4-7,12H,1-3,8-10H2,(H,19,20)/t12-/m1/s1. The maximum Gasteiger partial charge on any atom is 0.308 e. The average Bonchev–Trinajstić information content (AvgIpc) is 2.91. The van der Waals surface area contributed by atoms with E-state index < -0.39 is 11.9 Å². The normalized spacial score (nSPS) is 18.2. The summed E-state index contributed by atoms with van der Waals surface area (Å²) in [4.78, 5) is 24.5. The summed E-state index contributed by atoms with van der Waals surface area (Å²) in [5, 5.41) is 9.62. The summed E-state index contributed by atoms with van der Waals surface area (Å²) < 4.78 is 0. The first-order valence-electron chi connectivity index (χ1n) is 6.81. The van der Waals surface area contributed by atoms with Gasteiger partial charge in [0, 0.05) is 24.5 Å². The minimum atomic E-state index is -0.804. The lowest BCUT2D eigenvalue weighted by Crippen LogP contribution is -2.29. The van der Waals surface area contributed by atoms with Crippen LogP contribution in [0.1, 0.15) is 24.8 Å². The molecule has 1 fully saturated rings. The van der Waals surface area contributed by atoms with E-state index in [4.69, 9.17) is 16.7 Å². The molecule has 0 bridgehead atoms. The second-order valence-corrected chi connectivity index (χ2v) is 5.58. The Hall–Kier alpha value is -1.55. The number of halogens is 1. The van der Waals surface area contributed by atoms with E-state index in [1.807, 2.05) is 24.3 Å². The molecule has 4 nitrogen and oxygen atoms in total. The molecule has 1 aliphatic rings. The third-order valence-corrected chi connectivity index (χ3v) is 3.91. The summed E-state index contributed by atoms with van der Waals surface area (Å²) in [5.74, 6) is -1.14.